The molecule has 2 aromatic heterocycles. The fraction of sp³-hybridized carbons (Fsp3) is 0.462. The molecule has 2 fully saturated rings. The Hall–Kier alpha value is -2.31. The van der Waals surface area contributed by atoms with E-state index in [-0.39, 0.29) is 0 Å². The van der Waals surface area contributed by atoms with E-state index in [1.54, 1.807) is 11.8 Å². The molecule has 0 spiro atoms. The average molecular weight is 450 g/mol. The van der Waals surface area contributed by atoms with Crippen molar-refractivity contribution in [1.29, 1.82) is 0 Å². The normalized spacial score (nSPS) is 23.8. The van der Waals surface area contributed by atoms with Crippen LogP contribution < -0.4 is 10.6 Å². The first-order valence-corrected chi connectivity index (χ1v) is 12.4. The Labute approximate surface area is 196 Å². The summed E-state index contributed by atoms with van der Waals surface area (Å²) in [4.78, 5) is 17.3. The third kappa shape index (κ3) is 4.30. The Morgan fingerprint density at radius 3 is 2.62 bits per heavy atom. The van der Waals surface area contributed by atoms with E-state index in [0.717, 1.165) is 42.6 Å². The van der Waals surface area contributed by atoms with E-state index in [4.69, 9.17) is 15.7 Å². The molecule has 2 unspecified atom stereocenters. The summed E-state index contributed by atoms with van der Waals surface area (Å²) < 4.78 is 0. The molecule has 0 bridgehead atoms. The minimum Gasteiger partial charge on any atom is -0.355 e. The average Bonchev–Trinajstić information content (AvgIpc) is 3.12. The van der Waals surface area contributed by atoms with Gasteiger partial charge in [-0.05, 0) is 62.8 Å². The highest BCUT2D eigenvalue weighted by Gasteiger charge is 2.54. The predicted octanol–water partition coefficient (Wildman–Crippen LogP) is 5.69. The number of thioether (sulfide) groups is 1. The van der Waals surface area contributed by atoms with Crippen LogP contribution in [0.4, 0.5) is 5.82 Å². The van der Waals surface area contributed by atoms with Crippen molar-refractivity contribution in [2.24, 2.45) is 17.6 Å². The molecular weight excluding hydrogens is 414 g/mol. The van der Waals surface area contributed by atoms with E-state index in [9.17, 15) is 0 Å². The van der Waals surface area contributed by atoms with Crippen molar-refractivity contribution in [3.05, 3.63) is 58.2 Å². The van der Waals surface area contributed by atoms with Gasteiger partial charge in [0, 0.05) is 24.8 Å². The van der Waals surface area contributed by atoms with E-state index < -0.39 is 0 Å². The molecule has 32 heavy (non-hydrogen) atoms. The fourth-order valence-electron chi connectivity index (χ4n) is 4.70. The van der Waals surface area contributed by atoms with E-state index in [2.05, 4.69) is 63.2 Å². The van der Waals surface area contributed by atoms with Gasteiger partial charge in [-0.2, -0.15) is 0 Å². The number of piperidine rings is 1. The molecule has 1 aliphatic heterocycles. The SMILES string of the molecule is C=C/C=C\C(C)=C(/C)C/C(=C\C)Sc1nc(N2CC3C(N)C3C2)c2c(C)c(CC)[nH]c2n1. The fourth-order valence-corrected chi connectivity index (χ4v) is 5.61. The quantitative estimate of drug-likeness (QED) is 0.308. The van der Waals surface area contributed by atoms with Crippen molar-refractivity contribution in [1.82, 2.24) is 15.0 Å². The highest BCUT2D eigenvalue weighted by Crippen LogP contribution is 2.46. The zero-order chi connectivity index (χ0) is 23.0. The molecule has 0 amide bonds. The molecular formula is C26H35N5S. The molecule has 2 atom stereocenters. The van der Waals surface area contributed by atoms with Crippen LogP contribution in [-0.4, -0.2) is 34.1 Å². The number of H-pyrrole nitrogens is 1. The molecule has 4 rings (SSSR count). The zero-order valence-electron chi connectivity index (χ0n) is 19.9. The first-order chi connectivity index (χ1) is 15.4. The van der Waals surface area contributed by atoms with E-state index >= 15 is 0 Å². The molecule has 0 radical (unpaired) electrons. The van der Waals surface area contributed by atoms with Crippen LogP contribution in [0.1, 0.15) is 45.4 Å². The molecule has 1 saturated carbocycles. The summed E-state index contributed by atoms with van der Waals surface area (Å²) in [6.07, 6.45) is 9.92. The number of nitrogens with two attached hydrogens (primary N) is 1. The summed E-state index contributed by atoms with van der Waals surface area (Å²) in [6.45, 7) is 16.5. The molecule has 3 heterocycles. The van der Waals surface area contributed by atoms with Crippen molar-refractivity contribution in [3.8, 4) is 0 Å². The number of rotatable bonds is 8. The Morgan fingerprint density at radius 1 is 1.28 bits per heavy atom. The lowest BCUT2D eigenvalue weighted by atomic mass is 10.1. The van der Waals surface area contributed by atoms with Crippen molar-refractivity contribution in [2.45, 2.75) is 58.7 Å². The van der Waals surface area contributed by atoms with Gasteiger partial charge in [-0.3, -0.25) is 0 Å². The zero-order valence-corrected chi connectivity index (χ0v) is 20.7. The van der Waals surface area contributed by atoms with Crippen LogP contribution in [0, 0.1) is 18.8 Å². The largest absolute Gasteiger partial charge is 0.355 e. The lowest BCUT2D eigenvalue weighted by Gasteiger charge is -2.22. The Bertz CT molecular complexity index is 1110. The van der Waals surface area contributed by atoms with Gasteiger partial charge in [0.2, 0.25) is 0 Å². The third-order valence-corrected chi connectivity index (χ3v) is 8.03. The molecule has 5 nitrogen and oxygen atoms in total. The third-order valence-electron chi connectivity index (χ3n) is 7.02. The maximum atomic E-state index is 6.20. The minimum absolute atomic E-state index is 0.374. The van der Waals surface area contributed by atoms with Crippen molar-refractivity contribution in [2.75, 3.05) is 18.0 Å². The van der Waals surface area contributed by atoms with Crippen LogP contribution in [0.5, 0.6) is 0 Å². The van der Waals surface area contributed by atoms with E-state index in [1.807, 2.05) is 12.2 Å². The first-order valence-electron chi connectivity index (χ1n) is 11.6. The lowest BCUT2D eigenvalue weighted by Crippen LogP contribution is -2.29. The topological polar surface area (TPSA) is 70.8 Å². The van der Waals surface area contributed by atoms with Crippen molar-refractivity contribution >= 4 is 28.6 Å². The molecule has 3 N–H and O–H groups in total. The molecule has 2 aromatic rings. The minimum atomic E-state index is 0.374. The van der Waals surface area contributed by atoms with Gasteiger partial charge < -0.3 is 15.6 Å². The Morgan fingerprint density at radius 2 is 2.00 bits per heavy atom. The predicted molar refractivity (Wildman–Crippen MR) is 137 cm³/mol. The number of nitrogens with one attached hydrogen (secondary N) is 1. The lowest BCUT2D eigenvalue weighted by molar-refractivity contribution is 0.732. The second-order valence-corrected chi connectivity index (χ2v) is 10.1. The Kier molecular flexibility index (Phi) is 6.63. The summed E-state index contributed by atoms with van der Waals surface area (Å²) in [6, 6.07) is 0.374. The number of anilines is 1. The molecule has 6 heteroatoms. The monoisotopic (exact) mass is 449 g/mol. The van der Waals surface area contributed by atoms with Gasteiger partial charge in [-0.1, -0.05) is 60.7 Å². The number of aryl methyl sites for hydroxylation is 2. The standard InChI is InChI=1S/C26H35N5S/c1-7-10-11-15(4)16(5)12-18(8-2)32-26-29-24-22(17(6)21(9-3)28-24)25(30-26)31-13-19-20(14-31)23(19)27/h7-8,10-11,19-20,23H,1,9,12-14,27H2,2-6H3,(H,28,29,30)/b11-10-,16-15+,18-8+. The smallest absolute Gasteiger partial charge is 0.196 e. The van der Waals surface area contributed by atoms with Crippen LogP contribution in [0.15, 0.2) is 52.1 Å². The van der Waals surface area contributed by atoms with Gasteiger partial charge in [0.1, 0.15) is 11.5 Å². The van der Waals surface area contributed by atoms with Gasteiger partial charge in [-0.25, -0.2) is 9.97 Å². The molecule has 170 valence electrons. The van der Waals surface area contributed by atoms with Crippen LogP contribution >= 0.6 is 11.8 Å². The highest BCUT2D eigenvalue weighted by atomic mass is 32.2. The van der Waals surface area contributed by atoms with Crippen molar-refractivity contribution in [3.63, 3.8) is 0 Å². The van der Waals surface area contributed by atoms with Gasteiger partial charge in [0.05, 0.1) is 5.39 Å². The Balaban J connectivity index is 1.65. The summed E-state index contributed by atoms with van der Waals surface area (Å²) in [5.74, 6) is 2.30. The van der Waals surface area contributed by atoms with E-state index in [0.29, 0.717) is 17.9 Å². The number of allylic oxidation sites excluding steroid dienone is 7. The number of nitrogens with zero attached hydrogens (tertiary/aromatic N) is 3. The summed E-state index contributed by atoms with van der Waals surface area (Å²) in [7, 11) is 0. The number of aromatic nitrogens is 3. The van der Waals surface area contributed by atoms with Gasteiger partial charge >= 0.3 is 0 Å². The molecule has 1 aliphatic carbocycles. The number of aromatic amines is 1. The van der Waals surface area contributed by atoms with Crippen LogP contribution in [0.25, 0.3) is 11.0 Å². The first kappa shape index (κ1) is 22.9. The molecule has 0 aromatic carbocycles. The highest BCUT2D eigenvalue weighted by molar-refractivity contribution is 8.02. The van der Waals surface area contributed by atoms with E-state index in [1.165, 1.54) is 32.7 Å². The second kappa shape index (κ2) is 9.28. The van der Waals surface area contributed by atoms with Gasteiger partial charge in [-0.15, -0.1) is 0 Å². The maximum Gasteiger partial charge on any atom is 0.196 e. The number of hydrogen-bond donors (Lipinski definition) is 2. The number of fused-ring (bicyclic) bond motifs is 2. The maximum absolute atomic E-state index is 6.20. The van der Waals surface area contributed by atoms with Crippen LogP contribution in [-0.2, 0) is 6.42 Å². The second-order valence-electron chi connectivity index (χ2n) is 9.04. The summed E-state index contributed by atoms with van der Waals surface area (Å²) in [5.41, 5.74) is 12.3. The summed E-state index contributed by atoms with van der Waals surface area (Å²) in [5, 5.41) is 1.98. The molecule has 1 saturated heterocycles. The van der Waals surface area contributed by atoms with Crippen molar-refractivity contribution < 1.29 is 0 Å². The summed E-state index contributed by atoms with van der Waals surface area (Å²) >= 11 is 1.67. The van der Waals surface area contributed by atoms with Gasteiger partial charge in [0.15, 0.2) is 5.16 Å². The number of hydrogen-bond acceptors (Lipinski definition) is 5. The van der Waals surface area contributed by atoms with Gasteiger partial charge in [0.25, 0.3) is 0 Å². The van der Waals surface area contributed by atoms with Crippen LogP contribution in [0.3, 0.4) is 0 Å². The van der Waals surface area contributed by atoms with Crippen LogP contribution in [0.2, 0.25) is 0 Å². The molecule has 2 aliphatic rings.